The molecule has 0 unspecified atom stereocenters. The van der Waals surface area contributed by atoms with Gasteiger partial charge in [-0.05, 0) is 148 Å². The van der Waals surface area contributed by atoms with E-state index in [0.29, 0.717) is 99.9 Å². The quantitative estimate of drug-likeness (QED) is 0.0365. The number of carbonyl (C=O) groups is 8. The number of rotatable bonds is 28. The first-order valence-corrected chi connectivity index (χ1v) is 42.1. The Morgan fingerprint density at radius 2 is 0.780 bits per heavy atom. The predicted molar refractivity (Wildman–Crippen MR) is 415 cm³/mol. The molecular formula is C79H110F2N10O15S3. The highest BCUT2D eigenvalue weighted by Gasteiger charge is 2.52. The van der Waals surface area contributed by atoms with Crippen molar-refractivity contribution in [1.29, 1.82) is 0 Å². The molecule has 109 heavy (non-hydrogen) atoms. The van der Waals surface area contributed by atoms with E-state index in [9.17, 15) is 72.4 Å². The lowest BCUT2D eigenvalue weighted by molar-refractivity contribution is -0.138. The number of piperazine rings is 3. The molecule has 5 fully saturated rings. The van der Waals surface area contributed by atoms with Crippen LogP contribution in [0, 0.1) is 17.0 Å². The molecule has 7 atom stereocenters. The number of aldehydes is 1. The second-order valence-corrected chi connectivity index (χ2v) is 35.0. The molecule has 0 bridgehead atoms. The van der Waals surface area contributed by atoms with E-state index in [1.54, 1.807) is 121 Å². The van der Waals surface area contributed by atoms with Crippen molar-refractivity contribution >= 4 is 77.6 Å². The van der Waals surface area contributed by atoms with E-state index in [2.05, 4.69) is 6.92 Å². The van der Waals surface area contributed by atoms with Crippen molar-refractivity contribution in [2.75, 3.05) is 125 Å². The maximum Gasteiger partial charge on any atom is 0.254 e. The van der Waals surface area contributed by atoms with Crippen LogP contribution in [-0.4, -0.2) is 269 Å². The van der Waals surface area contributed by atoms with Gasteiger partial charge >= 0.3 is 0 Å². The Bertz CT molecular complexity index is 4190. The first-order valence-electron chi connectivity index (χ1n) is 36.5. The molecule has 0 aromatic heterocycles. The third kappa shape index (κ3) is 26.2. The largest absolute Gasteiger partial charge is 0.396 e. The van der Waals surface area contributed by atoms with Crippen LogP contribution in [0.1, 0.15) is 152 Å². The Hall–Kier alpha value is -8.23. The highest BCUT2D eigenvalue weighted by molar-refractivity contribution is 7.88. The van der Waals surface area contributed by atoms with Gasteiger partial charge in [-0.1, -0.05) is 93.2 Å². The molecule has 6 amide bonds. The molecule has 0 radical (unpaired) electrons. The van der Waals surface area contributed by atoms with Crippen molar-refractivity contribution in [3.05, 3.63) is 179 Å². The zero-order chi connectivity index (χ0) is 79.3. The standard InChI is InChI=1S/C30H38FN3O5S.C19H29N3O5S.C19H27N3O5S.C10H12FN.CH4/c1-30(21-26(30)22-12-14-24(31)15-13-22)20-25(35)10-7-11-27(32(2)28(36)23-8-5-4-6-9-23)29(37)33-16-18-34(19-17-33)40(3,38)39;2*1-20(18(24)16-8-4-3-5-9-16)17(10-6-7-15-23)19(25)21-11-13-22(14-12-21)28(2,26)27;1-10(12)6-9(10)7-2-4-8(11)5-3-7;/h4-6,8-9,12-15,26-27H,7,10-11,16-21H2,1-3H3;3-5,8-9,17,23H,6-7,10-15H2,1-2H3;3-5,8-9,15,17H,6-7,10-14H2,1-2H3;2-5,9H,6,12H2,1H3;1H4/t26-,27-,30+;2*17-;9-,10+;/m0000./s1. The number of likely N-dealkylation sites (N-methyl/N-ethyl adjacent to an activating group) is 3. The monoisotopic (exact) mass is 1570 g/mol. The Morgan fingerprint density at radius 1 is 0.477 bits per heavy atom. The number of aliphatic hydroxyl groups excluding tert-OH is 1. The minimum Gasteiger partial charge on any atom is -0.396 e. The van der Waals surface area contributed by atoms with Crippen molar-refractivity contribution < 1.29 is 77.5 Å². The van der Waals surface area contributed by atoms with E-state index in [1.807, 2.05) is 37.3 Å². The second-order valence-electron chi connectivity index (χ2n) is 29.1. The summed E-state index contributed by atoms with van der Waals surface area (Å²) in [6.07, 6.45) is 10.4. The molecule has 30 heteroatoms. The number of carbonyl (C=O) groups excluding carboxylic acids is 8. The Morgan fingerprint density at radius 3 is 1.07 bits per heavy atom. The fourth-order valence-corrected chi connectivity index (χ4v) is 16.3. The van der Waals surface area contributed by atoms with Crippen LogP contribution in [-0.2, 0) is 54.0 Å². The van der Waals surface area contributed by atoms with Crippen LogP contribution in [0.2, 0.25) is 0 Å². The summed E-state index contributed by atoms with van der Waals surface area (Å²) in [4.78, 5) is 111. The smallest absolute Gasteiger partial charge is 0.254 e. The summed E-state index contributed by atoms with van der Waals surface area (Å²) >= 11 is 0. The van der Waals surface area contributed by atoms with Crippen molar-refractivity contribution in [1.82, 2.24) is 42.3 Å². The second kappa shape index (κ2) is 40.6. The number of hydrogen-bond donors (Lipinski definition) is 2. The van der Waals surface area contributed by atoms with Gasteiger partial charge in [0.2, 0.25) is 47.8 Å². The molecule has 0 spiro atoms. The van der Waals surface area contributed by atoms with Crippen LogP contribution in [0.3, 0.4) is 0 Å². The molecule has 10 rings (SSSR count). The van der Waals surface area contributed by atoms with Gasteiger partial charge in [-0.15, -0.1) is 0 Å². The fraction of sp³-hybridized carbons (Fsp3) is 0.519. The number of ketones is 1. The highest BCUT2D eigenvalue weighted by Crippen LogP contribution is 2.61. The van der Waals surface area contributed by atoms with E-state index in [-0.39, 0.29) is 149 Å². The van der Waals surface area contributed by atoms with Gasteiger partial charge in [0.05, 0.1) is 18.8 Å². The van der Waals surface area contributed by atoms with Gasteiger partial charge in [0, 0.05) is 154 Å². The van der Waals surface area contributed by atoms with Gasteiger partial charge in [-0.25, -0.2) is 34.0 Å². The van der Waals surface area contributed by atoms with E-state index in [0.717, 1.165) is 49.0 Å². The summed E-state index contributed by atoms with van der Waals surface area (Å²) in [6, 6.07) is 37.2. The van der Waals surface area contributed by atoms with Gasteiger partial charge in [0.15, 0.2) is 0 Å². The van der Waals surface area contributed by atoms with Gasteiger partial charge in [0.25, 0.3) is 17.7 Å². The molecule has 5 aromatic rings. The van der Waals surface area contributed by atoms with Crippen molar-refractivity contribution in [2.45, 2.75) is 134 Å². The molecule has 3 heterocycles. The maximum atomic E-state index is 13.6. The number of hydrogen-bond acceptors (Lipinski definition) is 16. The number of aliphatic hydroxyl groups is 1. The molecule has 2 aliphatic carbocycles. The van der Waals surface area contributed by atoms with E-state index >= 15 is 0 Å². The molecule has 3 N–H and O–H groups in total. The first-order chi connectivity index (χ1) is 51.0. The predicted octanol–water partition coefficient (Wildman–Crippen LogP) is 7.35. The zero-order valence-electron chi connectivity index (χ0n) is 63.2. The molecule has 2 saturated carbocycles. The lowest BCUT2D eigenvalue weighted by atomic mass is 9.93. The number of sulfonamides is 3. The van der Waals surface area contributed by atoms with E-state index in [1.165, 1.54) is 51.9 Å². The molecule has 598 valence electrons. The van der Waals surface area contributed by atoms with Gasteiger partial charge in [0.1, 0.15) is 41.8 Å². The van der Waals surface area contributed by atoms with Gasteiger partial charge < -0.3 is 45.0 Å². The minimum absolute atomic E-state index is 0. The summed E-state index contributed by atoms with van der Waals surface area (Å²) in [6.45, 7) is 7.20. The van der Waals surface area contributed by atoms with Crippen molar-refractivity contribution in [3.63, 3.8) is 0 Å². The normalized spacial score (nSPS) is 20.2. The van der Waals surface area contributed by atoms with Gasteiger partial charge in [-0.3, -0.25) is 33.6 Å². The minimum atomic E-state index is -3.34. The fourth-order valence-electron chi connectivity index (χ4n) is 13.8. The van der Waals surface area contributed by atoms with E-state index < -0.39 is 48.2 Å². The average molecular weight is 1570 g/mol. The van der Waals surface area contributed by atoms with Crippen molar-refractivity contribution in [2.24, 2.45) is 11.1 Å². The number of unbranched alkanes of at least 4 members (excludes halogenated alkanes) is 2. The maximum absolute atomic E-state index is 13.6. The van der Waals surface area contributed by atoms with Gasteiger partial charge in [-0.2, -0.15) is 12.9 Å². The summed E-state index contributed by atoms with van der Waals surface area (Å²) in [5.41, 5.74) is 9.33. The summed E-state index contributed by atoms with van der Waals surface area (Å²) in [5, 5.41) is 9.06. The van der Waals surface area contributed by atoms with E-state index in [4.69, 9.17) is 10.8 Å². The van der Waals surface area contributed by atoms with Crippen LogP contribution in [0.4, 0.5) is 8.78 Å². The zero-order valence-corrected chi connectivity index (χ0v) is 65.6. The van der Waals surface area contributed by atoms with Crippen molar-refractivity contribution in [3.8, 4) is 0 Å². The van der Waals surface area contributed by atoms with Crippen LogP contribution >= 0.6 is 0 Å². The first kappa shape index (κ1) is 89.7. The van der Waals surface area contributed by atoms with Crippen LogP contribution < -0.4 is 5.73 Å². The number of benzene rings is 5. The molecule has 25 nitrogen and oxygen atoms in total. The number of nitrogens with zero attached hydrogens (tertiary/aromatic N) is 9. The molecular weight excluding hydrogens is 1460 g/mol. The molecule has 3 saturated heterocycles. The Labute approximate surface area is 642 Å². The third-order valence-electron chi connectivity index (χ3n) is 20.7. The third-order valence-corrected chi connectivity index (χ3v) is 24.6. The van der Waals surface area contributed by atoms with Crippen LogP contribution in [0.25, 0.3) is 0 Å². The number of halogens is 2. The topological polar surface area (TPSA) is 314 Å². The Balaban J connectivity index is 0.000000240. The summed E-state index contributed by atoms with van der Waals surface area (Å²) in [5.74, 6) is -1.12. The van der Waals surface area contributed by atoms with Crippen LogP contribution in [0.5, 0.6) is 0 Å². The number of nitrogens with two attached hydrogens (primary N) is 1. The molecule has 5 aromatic carbocycles. The van der Waals surface area contributed by atoms with Crippen LogP contribution in [0.15, 0.2) is 140 Å². The number of amides is 6. The average Bonchev–Trinajstić information content (AvgIpc) is 1.61. The summed E-state index contributed by atoms with van der Waals surface area (Å²) in [7, 11) is -5.10. The molecule has 5 aliphatic rings. The molecule has 3 aliphatic heterocycles. The summed E-state index contributed by atoms with van der Waals surface area (Å²) < 4.78 is 100. The Kier molecular flexibility index (Phi) is 33.4. The number of Topliss-reactive ketones (excluding diaryl/α,β-unsaturated/α-hetero) is 1. The highest BCUT2D eigenvalue weighted by atomic mass is 32.2. The lowest BCUT2D eigenvalue weighted by Crippen LogP contribution is -2.56. The lowest BCUT2D eigenvalue weighted by Gasteiger charge is -2.37. The SMILES string of the molecule is C.CN(C(=O)c1ccccc1)[C@@H](CCCC(=O)C[C@]1(C)C[C@H]1c1ccc(F)cc1)C(=O)N1CCN(S(C)(=O)=O)CC1.CN(C(=O)c1ccccc1)[C@@H](CCCC=O)C(=O)N1CCN(S(C)(=O)=O)CC1.CN(C(=O)c1ccccc1)[C@@H](CCCCO)C(=O)N1CCN(S(C)(=O)=O)CC1.C[C@@]1(N)C[C@H]1c1ccc(F)cc1.